The van der Waals surface area contributed by atoms with Gasteiger partial charge in [-0.05, 0) is 61.2 Å². The van der Waals surface area contributed by atoms with Gasteiger partial charge in [0.25, 0.3) is 0 Å². The van der Waals surface area contributed by atoms with Gasteiger partial charge in [0.15, 0.2) is 0 Å². The van der Waals surface area contributed by atoms with Gasteiger partial charge in [-0.25, -0.2) is 4.79 Å². The van der Waals surface area contributed by atoms with Gasteiger partial charge in [-0.2, -0.15) is 0 Å². The van der Waals surface area contributed by atoms with Crippen LogP contribution in [-0.4, -0.2) is 32.4 Å². The molecule has 0 atom stereocenters. The first-order valence-electron chi connectivity index (χ1n) is 8.25. The second-order valence-corrected chi connectivity index (χ2v) is 6.04. The van der Waals surface area contributed by atoms with Gasteiger partial charge < -0.3 is 9.64 Å². The van der Waals surface area contributed by atoms with E-state index < -0.39 is 0 Å². The van der Waals surface area contributed by atoms with E-state index in [-0.39, 0.29) is 5.97 Å². The highest BCUT2D eigenvalue weighted by Crippen LogP contribution is 2.23. The van der Waals surface area contributed by atoms with Crippen LogP contribution in [0.5, 0.6) is 0 Å². The number of aliphatic imine (C=N–C) groups is 1. The highest BCUT2D eigenvalue weighted by Gasteiger charge is 2.12. The van der Waals surface area contributed by atoms with Gasteiger partial charge in [0.2, 0.25) is 0 Å². The van der Waals surface area contributed by atoms with Crippen LogP contribution in [0.1, 0.15) is 34.3 Å². The Morgan fingerprint density at radius 3 is 2.67 bits per heavy atom. The van der Waals surface area contributed by atoms with Crippen molar-refractivity contribution in [1.82, 2.24) is 0 Å². The molecule has 1 saturated heterocycles. The fourth-order valence-electron chi connectivity index (χ4n) is 2.95. The minimum atomic E-state index is -0.349. The van der Waals surface area contributed by atoms with Crippen molar-refractivity contribution in [3.05, 3.63) is 59.2 Å². The van der Waals surface area contributed by atoms with Crippen molar-refractivity contribution in [3.63, 3.8) is 0 Å². The van der Waals surface area contributed by atoms with Gasteiger partial charge in [0.05, 0.1) is 18.4 Å². The third-order valence-corrected chi connectivity index (χ3v) is 4.34. The van der Waals surface area contributed by atoms with E-state index >= 15 is 0 Å². The molecule has 0 spiro atoms. The van der Waals surface area contributed by atoms with Gasteiger partial charge >= 0.3 is 5.97 Å². The van der Waals surface area contributed by atoms with Crippen LogP contribution in [0.3, 0.4) is 0 Å². The minimum absolute atomic E-state index is 0.349. The maximum Gasteiger partial charge on any atom is 0.337 e. The Bertz CT molecular complexity index is 762. The number of aryl methyl sites for hydroxylation is 1. The van der Waals surface area contributed by atoms with Crippen molar-refractivity contribution in [2.24, 2.45) is 4.99 Å². The van der Waals surface area contributed by atoms with Crippen molar-refractivity contribution in [3.8, 4) is 0 Å². The Kier molecular flexibility index (Phi) is 4.94. The molecular weight excluding hydrogens is 300 g/mol. The van der Waals surface area contributed by atoms with Crippen molar-refractivity contribution in [2.75, 3.05) is 25.1 Å². The maximum absolute atomic E-state index is 11.6. The summed E-state index contributed by atoms with van der Waals surface area (Å²) in [6, 6.07) is 13.6. The molecule has 0 N–H and O–H groups in total. The highest BCUT2D eigenvalue weighted by atomic mass is 16.5. The Hall–Kier alpha value is -2.62. The molecule has 0 saturated carbocycles. The molecule has 1 aliphatic heterocycles. The quantitative estimate of drug-likeness (QED) is 0.628. The summed E-state index contributed by atoms with van der Waals surface area (Å²) in [5.74, 6) is -0.349. The molecule has 0 unspecified atom stereocenters. The zero-order chi connectivity index (χ0) is 16.9. The number of benzene rings is 2. The lowest BCUT2D eigenvalue weighted by molar-refractivity contribution is 0.0601. The fraction of sp³-hybridized carbons (Fsp3) is 0.300. The van der Waals surface area contributed by atoms with E-state index in [0.29, 0.717) is 5.56 Å². The normalized spacial score (nSPS) is 14.3. The Balaban J connectivity index is 1.78. The lowest BCUT2D eigenvalue weighted by atomic mass is 10.1. The van der Waals surface area contributed by atoms with E-state index in [0.717, 1.165) is 24.3 Å². The number of nitrogens with zero attached hydrogens (tertiary/aromatic N) is 2. The number of rotatable bonds is 4. The van der Waals surface area contributed by atoms with Crippen LogP contribution in [0.25, 0.3) is 0 Å². The summed E-state index contributed by atoms with van der Waals surface area (Å²) >= 11 is 0. The smallest absolute Gasteiger partial charge is 0.337 e. The summed E-state index contributed by atoms with van der Waals surface area (Å²) in [7, 11) is 1.38. The number of anilines is 1. The Labute approximate surface area is 142 Å². The van der Waals surface area contributed by atoms with Gasteiger partial charge in [-0.15, -0.1) is 0 Å². The molecule has 4 nitrogen and oxygen atoms in total. The SMILES string of the molecule is COC(=O)c1cccc(N=Cc2ccc(N3CCCC3)cc2C)c1. The predicted molar refractivity (Wildman–Crippen MR) is 97.7 cm³/mol. The van der Waals surface area contributed by atoms with E-state index in [2.05, 4.69) is 35.0 Å². The molecule has 0 bridgehead atoms. The van der Waals surface area contributed by atoms with E-state index in [9.17, 15) is 4.79 Å². The molecule has 2 aromatic carbocycles. The lowest BCUT2D eigenvalue weighted by Gasteiger charge is -2.18. The molecule has 24 heavy (non-hydrogen) atoms. The second-order valence-electron chi connectivity index (χ2n) is 6.04. The van der Waals surface area contributed by atoms with Gasteiger partial charge in [0.1, 0.15) is 0 Å². The second kappa shape index (κ2) is 7.30. The Morgan fingerprint density at radius 1 is 1.17 bits per heavy atom. The summed E-state index contributed by atoms with van der Waals surface area (Å²) in [5, 5.41) is 0. The van der Waals surface area contributed by atoms with Crippen LogP contribution in [0.15, 0.2) is 47.5 Å². The number of esters is 1. The zero-order valence-corrected chi connectivity index (χ0v) is 14.2. The topological polar surface area (TPSA) is 41.9 Å². The van der Waals surface area contributed by atoms with Crippen molar-refractivity contribution >= 4 is 23.6 Å². The maximum atomic E-state index is 11.6. The monoisotopic (exact) mass is 322 g/mol. The van der Waals surface area contributed by atoms with Crippen LogP contribution < -0.4 is 4.90 Å². The highest BCUT2D eigenvalue weighted by molar-refractivity contribution is 5.91. The third-order valence-electron chi connectivity index (χ3n) is 4.34. The molecular formula is C20H22N2O2. The van der Waals surface area contributed by atoms with Gasteiger partial charge in [0, 0.05) is 25.0 Å². The molecule has 1 heterocycles. The van der Waals surface area contributed by atoms with E-state index in [1.165, 1.54) is 31.2 Å². The summed E-state index contributed by atoms with van der Waals surface area (Å²) < 4.78 is 4.74. The molecule has 0 aliphatic carbocycles. The standard InChI is InChI=1S/C20H22N2O2/c1-15-12-19(22-10-3-4-11-22)9-8-17(15)14-21-18-7-5-6-16(13-18)20(23)24-2/h5-9,12-14H,3-4,10-11H2,1-2H3. The van der Waals surface area contributed by atoms with Crippen molar-refractivity contribution < 1.29 is 9.53 Å². The van der Waals surface area contributed by atoms with Gasteiger partial charge in [-0.3, -0.25) is 4.99 Å². The van der Waals surface area contributed by atoms with Crippen LogP contribution in [0.2, 0.25) is 0 Å². The molecule has 4 heteroatoms. The largest absolute Gasteiger partial charge is 0.465 e. The van der Waals surface area contributed by atoms with Crippen LogP contribution >= 0.6 is 0 Å². The first-order chi connectivity index (χ1) is 11.7. The van der Waals surface area contributed by atoms with Crippen molar-refractivity contribution in [2.45, 2.75) is 19.8 Å². The molecule has 124 valence electrons. The van der Waals surface area contributed by atoms with E-state index in [4.69, 9.17) is 4.74 Å². The minimum Gasteiger partial charge on any atom is -0.465 e. The summed E-state index contributed by atoms with van der Waals surface area (Å²) in [5.41, 5.74) is 4.82. The molecule has 3 rings (SSSR count). The molecule has 1 fully saturated rings. The fourth-order valence-corrected chi connectivity index (χ4v) is 2.95. The predicted octanol–water partition coefficient (Wildman–Crippen LogP) is 4.13. The summed E-state index contributed by atoms with van der Waals surface area (Å²) in [6.45, 7) is 4.40. The average molecular weight is 322 g/mol. The molecule has 1 aliphatic rings. The number of carbonyl (C=O) groups is 1. The molecule has 0 amide bonds. The first-order valence-corrected chi connectivity index (χ1v) is 8.25. The zero-order valence-electron chi connectivity index (χ0n) is 14.2. The third kappa shape index (κ3) is 3.65. The van der Waals surface area contributed by atoms with Crippen LogP contribution in [0.4, 0.5) is 11.4 Å². The number of hydrogen-bond acceptors (Lipinski definition) is 4. The summed E-state index contributed by atoms with van der Waals surface area (Å²) in [4.78, 5) is 18.5. The number of carbonyl (C=O) groups excluding carboxylic acids is 1. The average Bonchev–Trinajstić information content (AvgIpc) is 3.15. The number of ether oxygens (including phenoxy) is 1. The van der Waals surface area contributed by atoms with Gasteiger partial charge in [-0.1, -0.05) is 12.1 Å². The van der Waals surface area contributed by atoms with Crippen LogP contribution in [-0.2, 0) is 4.74 Å². The number of methoxy groups -OCH3 is 1. The van der Waals surface area contributed by atoms with Crippen LogP contribution in [0, 0.1) is 6.92 Å². The molecule has 2 aromatic rings. The van der Waals surface area contributed by atoms with E-state index in [1.807, 2.05) is 18.3 Å². The van der Waals surface area contributed by atoms with E-state index in [1.54, 1.807) is 12.1 Å². The first kappa shape index (κ1) is 16.2. The number of hydrogen-bond donors (Lipinski definition) is 0. The Morgan fingerprint density at radius 2 is 1.96 bits per heavy atom. The molecule has 0 aromatic heterocycles. The van der Waals surface area contributed by atoms with Crippen molar-refractivity contribution in [1.29, 1.82) is 0 Å². The lowest BCUT2D eigenvalue weighted by Crippen LogP contribution is -2.17. The summed E-state index contributed by atoms with van der Waals surface area (Å²) in [6.07, 6.45) is 4.40. The molecule has 0 radical (unpaired) electrons.